The van der Waals surface area contributed by atoms with Gasteiger partial charge in [-0.15, -0.1) is 0 Å². The Kier molecular flexibility index (Phi) is 5.87. The summed E-state index contributed by atoms with van der Waals surface area (Å²) in [4.78, 5) is 8.33. The van der Waals surface area contributed by atoms with Crippen LogP contribution >= 0.6 is 11.8 Å². The first-order valence-electron chi connectivity index (χ1n) is 5.27. The summed E-state index contributed by atoms with van der Waals surface area (Å²) >= 11 is 1.55. The van der Waals surface area contributed by atoms with Crippen molar-refractivity contribution >= 4 is 21.6 Å². The number of nitrogens with zero attached hydrogens (tertiary/aromatic N) is 2. The van der Waals surface area contributed by atoms with Gasteiger partial charge < -0.3 is 5.32 Å². The molecule has 1 N–H and O–H groups in total. The molecule has 7 heteroatoms. The molecule has 0 bridgehead atoms. The molecule has 0 aliphatic heterocycles. The number of sulfone groups is 1. The Labute approximate surface area is 106 Å². The van der Waals surface area contributed by atoms with Crippen LogP contribution in [0.5, 0.6) is 0 Å². The molecular formula is C10H17N3O2S2. The highest BCUT2D eigenvalue weighted by Gasteiger charge is 2.01. The molecule has 5 nitrogen and oxygen atoms in total. The van der Waals surface area contributed by atoms with Gasteiger partial charge in [-0.3, -0.25) is 0 Å². The Morgan fingerprint density at radius 2 is 1.94 bits per heavy atom. The molecule has 17 heavy (non-hydrogen) atoms. The van der Waals surface area contributed by atoms with E-state index in [1.165, 1.54) is 6.26 Å². The number of hydrogen-bond donors (Lipinski definition) is 1. The van der Waals surface area contributed by atoms with E-state index in [1.807, 2.05) is 6.92 Å². The molecule has 0 aliphatic carbocycles. The van der Waals surface area contributed by atoms with Crippen molar-refractivity contribution < 1.29 is 8.42 Å². The van der Waals surface area contributed by atoms with Gasteiger partial charge in [0.2, 0.25) is 0 Å². The molecule has 0 spiro atoms. The molecule has 0 unspecified atom stereocenters. The van der Waals surface area contributed by atoms with Crippen LogP contribution in [0.15, 0.2) is 17.6 Å². The lowest BCUT2D eigenvalue weighted by atomic mass is 10.4. The predicted molar refractivity (Wildman–Crippen MR) is 70.1 cm³/mol. The van der Waals surface area contributed by atoms with Crippen molar-refractivity contribution in [2.24, 2.45) is 0 Å². The molecule has 1 aromatic rings. The second-order valence-corrected chi connectivity index (χ2v) is 7.09. The minimum Gasteiger partial charge on any atom is -0.315 e. The summed E-state index contributed by atoms with van der Waals surface area (Å²) in [6, 6.07) is 0. The zero-order valence-electron chi connectivity index (χ0n) is 10.0. The quantitative estimate of drug-likeness (QED) is 0.444. The smallest absolute Gasteiger partial charge is 0.187 e. The molecule has 1 aromatic heterocycles. The number of nitrogens with one attached hydrogen (secondary N) is 1. The molecule has 0 fully saturated rings. The molecule has 1 heterocycles. The molecule has 1 rings (SSSR count). The Morgan fingerprint density at radius 3 is 2.53 bits per heavy atom. The zero-order chi connectivity index (χ0) is 12.7. The summed E-state index contributed by atoms with van der Waals surface area (Å²) in [6.07, 6.45) is 4.81. The number of hydrogen-bond acceptors (Lipinski definition) is 6. The van der Waals surface area contributed by atoms with Crippen LogP contribution in [0.25, 0.3) is 0 Å². The van der Waals surface area contributed by atoms with Gasteiger partial charge >= 0.3 is 0 Å². The third kappa shape index (κ3) is 7.30. The minimum atomic E-state index is -2.86. The molecular weight excluding hydrogens is 258 g/mol. The maximum atomic E-state index is 10.9. The average molecular weight is 275 g/mol. The lowest BCUT2D eigenvalue weighted by molar-refractivity contribution is 0.598. The van der Waals surface area contributed by atoms with Crippen molar-refractivity contribution in [1.82, 2.24) is 15.3 Å². The van der Waals surface area contributed by atoms with Gasteiger partial charge in [-0.25, -0.2) is 18.4 Å². The summed E-state index contributed by atoms with van der Waals surface area (Å²) in [6.45, 7) is 3.19. The first-order chi connectivity index (χ1) is 7.97. The van der Waals surface area contributed by atoms with Gasteiger partial charge in [0.15, 0.2) is 5.16 Å². The summed E-state index contributed by atoms with van der Waals surface area (Å²) in [5.74, 6) is 1.01. The Hall–Kier alpha value is -0.660. The van der Waals surface area contributed by atoms with Gasteiger partial charge in [-0.1, -0.05) is 11.8 Å². The predicted octanol–water partition coefficient (Wildman–Crippen LogP) is 0.511. The van der Waals surface area contributed by atoms with E-state index in [0.29, 0.717) is 6.54 Å². The van der Waals surface area contributed by atoms with Crippen LogP contribution in [0.2, 0.25) is 0 Å². The average Bonchev–Trinajstić information content (AvgIpc) is 2.24. The number of thioether (sulfide) groups is 1. The SMILES string of the molecule is Cc1cnc(SCCNCCS(C)(=O)=O)nc1. The molecule has 0 radical (unpaired) electrons. The Morgan fingerprint density at radius 1 is 1.29 bits per heavy atom. The second kappa shape index (κ2) is 6.93. The molecule has 96 valence electrons. The minimum absolute atomic E-state index is 0.179. The van der Waals surface area contributed by atoms with Gasteiger partial charge in [0, 0.05) is 37.5 Å². The lowest BCUT2D eigenvalue weighted by Crippen LogP contribution is -2.24. The van der Waals surface area contributed by atoms with Crippen LogP contribution in [0.3, 0.4) is 0 Å². The van der Waals surface area contributed by atoms with E-state index in [4.69, 9.17) is 0 Å². The molecule has 0 atom stereocenters. The fourth-order valence-electron chi connectivity index (χ4n) is 1.05. The van der Waals surface area contributed by atoms with E-state index < -0.39 is 9.84 Å². The lowest BCUT2D eigenvalue weighted by Gasteiger charge is -2.03. The largest absolute Gasteiger partial charge is 0.315 e. The fraction of sp³-hybridized carbons (Fsp3) is 0.600. The van der Waals surface area contributed by atoms with E-state index >= 15 is 0 Å². The van der Waals surface area contributed by atoms with Gasteiger partial charge in [-0.2, -0.15) is 0 Å². The van der Waals surface area contributed by atoms with E-state index in [0.717, 1.165) is 23.0 Å². The number of aryl methyl sites for hydroxylation is 1. The normalized spacial score (nSPS) is 11.6. The highest BCUT2D eigenvalue weighted by atomic mass is 32.2. The van der Waals surface area contributed by atoms with Gasteiger partial charge in [0.25, 0.3) is 0 Å². The van der Waals surface area contributed by atoms with Crippen LogP contribution < -0.4 is 5.32 Å². The first kappa shape index (κ1) is 14.4. The molecule has 0 saturated carbocycles. The van der Waals surface area contributed by atoms with Crippen LogP contribution in [0.1, 0.15) is 5.56 Å². The van der Waals surface area contributed by atoms with E-state index in [9.17, 15) is 8.42 Å². The topological polar surface area (TPSA) is 72.0 Å². The zero-order valence-corrected chi connectivity index (χ0v) is 11.6. The van der Waals surface area contributed by atoms with Crippen molar-refractivity contribution in [3.05, 3.63) is 18.0 Å². The van der Waals surface area contributed by atoms with E-state index in [1.54, 1.807) is 24.2 Å². The van der Waals surface area contributed by atoms with Crippen molar-refractivity contribution in [3.8, 4) is 0 Å². The van der Waals surface area contributed by atoms with Crippen LogP contribution in [0, 0.1) is 6.92 Å². The third-order valence-electron chi connectivity index (χ3n) is 1.92. The highest BCUT2D eigenvalue weighted by molar-refractivity contribution is 7.99. The van der Waals surface area contributed by atoms with Crippen molar-refractivity contribution in [2.75, 3.05) is 30.9 Å². The highest BCUT2D eigenvalue weighted by Crippen LogP contribution is 2.10. The van der Waals surface area contributed by atoms with Crippen molar-refractivity contribution in [1.29, 1.82) is 0 Å². The maximum absolute atomic E-state index is 10.9. The van der Waals surface area contributed by atoms with Gasteiger partial charge in [0.05, 0.1) is 5.75 Å². The maximum Gasteiger partial charge on any atom is 0.187 e. The third-order valence-corrected chi connectivity index (χ3v) is 3.74. The monoisotopic (exact) mass is 275 g/mol. The van der Waals surface area contributed by atoms with Gasteiger partial charge in [-0.05, 0) is 12.5 Å². The second-order valence-electron chi connectivity index (χ2n) is 3.77. The Balaban J connectivity index is 2.10. The number of rotatable bonds is 7. The molecule has 0 aliphatic rings. The standard InChI is InChI=1S/C10H17N3O2S2/c1-9-7-12-10(13-8-9)16-5-3-11-4-6-17(2,14)15/h7-8,11H,3-6H2,1-2H3. The number of aromatic nitrogens is 2. The van der Waals surface area contributed by atoms with Crippen molar-refractivity contribution in [3.63, 3.8) is 0 Å². The molecule has 0 aromatic carbocycles. The Bertz CT molecular complexity index is 431. The van der Waals surface area contributed by atoms with Crippen molar-refractivity contribution in [2.45, 2.75) is 12.1 Å². The molecule has 0 saturated heterocycles. The van der Waals surface area contributed by atoms with Crippen LogP contribution in [0.4, 0.5) is 0 Å². The van der Waals surface area contributed by atoms with E-state index in [2.05, 4.69) is 15.3 Å². The summed E-state index contributed by atoms with van der Waals surface area (Å²) in [7, 11) is -2.86. The molecule has 0 amide bonds. The van der Waals surface area contributed by atoms with Gasteiger partial charge in [0.1, 0.15) is 9.84 Å². The van der Waals surface area contributed by atoms with Crippen LogP contribution in [-0.4, -0.2) is 49.2 Å². The summed E-state index contributed by atoms with van der Waals surface area (Å²) in [5.41, 5.74) is 1.04. The summed E-state index contributed by atoms with van der Waals surface area (Å²) < 4.78 is 21.7. The summed E-state index contributed by atoms with van der Waals surface area (Å²) in [5, 5.41) is 3.82. The van der Waals surface area contributed by atoms with E-state index in [-0.39, 0.29) is 5.75 Å². The first-order valence-corrected chi connectivity index (χ1v) is 8.32. The fourth-order valence-corrected chi connectivity index (χ4v) is 2.25. The van der Waals surface area contributed by atoms with Crippen LogP contribution in [-0.2, 0) is 9.84 Å².